The Morgan fingerprint density at radius 3 is 2.95 bits per heavy atom. The van der Waals surface area contributed by atoms with E-state index in [1.807, 2.05) is 6.07 Å². The first-order valence-corrected chi connectivity index (χ1v) is 7.96. The van der Waals surface area contributed by atoms with E-state index in [9.17, 15) is 0 Å². The number of rotatable bonds is 2. The summed E-state index contributed by atoms with van der Waals surface area (Å²) in [5.74, 6) is 0.965. The van der Waals surface area contributed by atoms with Crippen LogP contribution in [0.5, 0.6) is 0 Å². The third kappa shape index (κ3) is 2.96. The summed E-state index contributed by atoms with van der Waals surface area (Å²) in [7, 11) is 0. The fraction of sp³-hybridized carbons (Fsp3) is 0.385. The van der Waals surface area contributed by atoms with E-state index in [1.54, 1.807) is 11.3 Å². The minimum Gasteiger partial charge on any atom is -0.352 e. The number of piperazine rings is 1. The van der Waals surface area contributed by atoms with Crippen molar-refractivity contribution < 1.29 is 0 Å². The van der Waals surface area contributed by atoms with Crippen LogP contribution in [-0.2, 0) is 0 Å². The van der Waals surface area contributed by atoms with Crippen LogP contribution in [0.2, 0.25) is 0 Å². The molecule has 0 aromatic carbocycles. The van der Waals surface area contributed by atoms with Gasteiger partial charge >= 0.3 is 0 Å². The fourth-order valence-corrected chi connectivity index (χ4v) is 3.61. The maximum absolute atomic E-state index is 4.36. The highest BCUT2D eigenvalue weighted by atomic mass is 79.9. The lowest BCUT2D eigenvalue weighted by molar-refractivity contribution is 0.481. The zero-order chi connectivity index (χ0) is 13.2. The molecule has 100 valence electrons. The molecule has 0 saturated carbocycles. The lowest BCUT2D eigenvalue weighted by atomic mass is 10.2. The number of nitrogens with one attached hydrogen (secondary N) is 1. The Hall–Kier alpha value is -0.980. The number of aromatic nitrogens is 2. The van der Waals surface area contributed by atoms with E-state index in [4.69, 9.17) is 0 Å². The second kappa shape index (κ2) is 5.56. The van der Waals surface area contributed by atoms with Gasteiger partial charge in [0.1, 0.15) is 5.69 Å². The van der Waals surface area contributed by atoms with Gasteiger partial charge in [0.05, 0.1) is 4.88 Å². The number of hydrogen-bond acceptors (Lipinski definition) is 5. The van der Waals surface area contributed by atoms with Crippen molar-refractivity contribution in [3.63, 3.8) is 0 Å². The first kappa shape index (κ1) is 13.0. The zero-order valence-corrected chi connectivity index (χ0v) is 13.0. The van der Waals surface area contributed by atoms with Crippen molar-refractivity contribution in [1.29, 1.82) is 0 Å². The fourth-order valence-electron chi connectivity index (χ4n) is 2.21. The molecule has 0 radical (unpaired) electrons. The summed E-state index contributed by atoms with van der Waals surface area (Å²) in [6.45, 7) is 5.17. The highest BCUT2D eigenvalue weighted by Gasteiger charge is 2.17. The van der Waals surface area contributed by atoms with Crippen molar-refractivity contribution in [3.05, 3.63) is 28.1 Å². The Balaban J connectivity index is 1.78. The van der Waals surface area contributed by atoms with Crippen molar-refractivity contribution in [2.45, 2.75) is 13.0 Å². The number of anilines is 1. The summed E-state index contributed by atoms with van der Waals surface area (Å²) in [5, 5.41) is 14.2. The molecule has 6 heteroatoms. The Kier molecular flexibility index (Phi) is 3.81. The van der Waals surface area contributed by atoms with Crippen molar-refractivity contribution >= 4 is 33.1 Å². The Morgan fingerprint density at radius 2 is 2.32 bits per heavy atom. The monoisotopic (exact) mass is 338 g/mol. The molecule has 1 saturated heterocycles. The Morgan fingerprint density at radius 1 is 1.42 bits per heavy atom. The van der Waals surface area contributed by atoms with Crippen molar-refractivity contribution in [3.8, 4) is 10.6 Å². The van der Waals surface area contributed by atoms with E-state index in [2.05, 4.69) is 60.8 Å². The van der Waals surface area contributed by atoms with E-state index in [0.717, 1.165) is 40.5 Å². The van der Waals surface area contributed by atoms with Crippen LogP contribution in [0.4, 0.5) is 5.82 Å². The van der Waals surface area contributed by atoms with Crippen molar-refractivity contribution in [2.75, 3.05) is 24.5 Å². The first-order chi connectivity index (χ1) is 9.22. The highest BCUT2D eigenvalue weighted by Crippen LogP contribution is 2.28. The molecule has 2 aromatic heterocycles. The van der Waals surface area contributed by atoms with Gasteiger partial charge in [-0.3, -0.25) is 0 Å². The first-order valence-electron chi connectivity index (χ1n) is 6.29. The van der Waals surface area contributed by atoms with Crippen LogP contribution in [-0.4, -0.2) is 35.9 Å². The summed E-state index contributed by atoms with van der Waals surface area (Å²) in [5.41, 5.74) is 0.933. The molecule has 1 atom stereocenters. The minimum absolute atomic E-state index is 0.503. The van der Waals surface area contributed by atoms with Crippen molar-refractivity contribution in [2.24, 2.45) is 0 Å². The number of hydrogen-bond donors (Lipinski definition) is 1. The van der Waals surface area contributed by atoms with Gasteiger partial charge in [-0.05, 0) is 41.1 Å². The Bertz CT molecular complexity index is 554. The van der Waals surface area contributed by atoms with Crippen LogP contribution in [0.3, 0.4) is 0 Å². The lowest BCUT2D eigenvalue weighted by Gasteiger charge is -2.32. The maximum atomic E-state index is 4.36. The van der Waals surface area contributed by atoms with Gasteiger partial charge < -0.3 is 10.2 Å². The molecule has 0 bridgehead atoms. The molecule has 1 fully saturated rings. The van der Waals surface area contributed by atoms with Gasteiger partial charge in [-0.2, -0.15) is 0 Å². The highest BCUT2D eigenvalue weighted by molar-refractivity contribution is 9.10. The summed E-state index contributed by atoms with van der Waals surface area (Å²) < 4.78 is 1.09. The van der Waals surface area contributed by atoms with Gasteiger partial charge in [0.25, 0.3) is 0 Å². The molecular formula is C13H15BrN4S. The quantitative estimate of drug-likeness (QED) is 0.914. The molecule has 0 spiro atoms. The van der Waals surface area contributed by atoms with Gasteiger partial charge in [-0.25, -0.2) is 0 Å². The molecule has 1 aliphatic heterocycles. The largest absolute Gasteiger partial charge is 0.352 e. The lowest BCUT2D eigenvalue weighted by Crippen LogP contribution is -2.49. The molecule has 1 N–H and O–H groups in total. The minimum atomic E-state index is 0.503. The smallest absolute Gasteiger partial charge is 0.151 e. The summed E-state index contributed by atoms with van der Waals surface area (Å²) in [4.78, 5) is 3.42. The third-order valence-electron chi connectivity index (χ3n) is 3.16. The van der Waals surface area contributed by atoms with Crippen molar-refractivity contribution in [1.82, 2.24) is 15.5 Å². The molecule has 1 unspecified atom stereocenters. The van der Waals surface area contributed by atoms with Crippen LogP contribution >= 0.6 is 27.3 Å². The Labute approximate surface area is 125 Å². The van der Waals surface area contributed by atoms with E-state index in [-0.39, 0.29) is 0 Å². The zero-order valence-electron chi connectivity index (χ0n) is 10.6. The molecule has 19 heavy (non-hydrogen) atoms. The molecule has 3 heterocycles. The van der Waals surface area contributed by atoms with Gasteiger partial charge in [-0.1, -0.05) is 0 Å². The third-order valence-corrected chi connectivity index (χ3v) is 4.88. The molecule has 0 amide bonds. The van der Waals surface area contributed by atoms with Gasteiger partial charge in [0.2, 0.25) is 0 Å². The predicted octanol–water partition coefficient (Wildman–Crippen LogP) is 2.77. The van der Waals surface area contributed by atoms with Gasteiger partial charge in [0.15, 0.2) is 5.82 Å². The summed E-state index contributed by atoms with van der Waals surface area (Å²) >= 11 is 5.13. The van der Waals surface area contributed by atoms with Crippen LogP contribution in [0.15, 0.2) is 28.1 Å². The molecule has 3 rings (SSSR count). The summed E-state index contributed by atoms with van der Waals surface area (Å²) in [6, 6.07) is 6.69. The topological polar surface area (TPSA) is 41.1 Å². The normalized spacial score (nSPS) is 19.7. The number of nitrogens with zero attached hydrogens (tertiary/aromatic N) is 3. The maximum Gasteiger partial charge on any atom is 0.151 e. The average Bonchev–Trinajstić information content (AvgIpc) is 2.86. The second-order valence-corrected chi connectivity index (χ2v) is 6.53. The average molecular weight is 339 g/mol. The molecule has 0 aliphatic carbocycles. The molecule has 4 nitrogen and oxygen atoms in total. The van der Waals surface area contributed by atoms with E-state index >= 15 is 0 Å². The standard InChI is InChI=1S/C13H15BrN4S/c1-9-7-18(5-4-15-9)13-3-2-11(16-17-13)12-6-10(14)8-19-12/h2-3,6,8-9,15H,4-5,7H2,1H3. The number of thiophene rings is 1. The molecule has 2 aromatic rings. The van der Waals surface area contributed by atoms with E-state index in [1.165, 1.54) is 0 Å². The van der Waals surface area contributed by atoms with Crippen LogP contribution in [0.1, 0.15) is 6.92 Å². The van der Waals surface area contributed by atoms with E-state index in [0.29, 0.717) is 6.04 Å². The second-order valence-electron chi connectivity index (χ2n) is 4.71. The van der Waals surface area contributed by atoms with Crippen LogP contribution in [0.25, 0.3) is 10.6 Å². The molecular weight excluding hydrogens is 324 g/mol. The summed E-state index contributed by atoms with van der Waals surface area (Å²) in [6.07, 6.45) is 0. The van der Waals surface area contributed by atoms with Gasteiger partial charge in [-0.15, -0.1) is 21.5 Å². The SMILES string of the molecule is CC1CN(c2ccc(-c3cc(Br)cs3)nn2)CCN1. The predicted molar refractivity (Wildman–Crippen MR) is 82.7 cm³/mol. The molecule has 1 aliphatic rings. The van der Waals surface area contributed by atoms with Crippen LogP contribution in [0, 0.1) is 0 Å². The van der Waals surface area contributed by atoms with Gasteiger partial charge in [0, 0.05) is 35.5 Å². The van der Waals surface area contributed by atoms with Crippen LogP contribution < -0.4 is 10.2 Å². The number of halogens is 1. The van der Waals surface area contributed by atoms with E-state index < -0.39 is 0 Å².